The molecule has 1 aromatic rings. The van der Waals surface area contributed by atoms with Gasteiger partial charge in [0.05, 0.1) is 5.69 Å². The van der Waals surface area contributed by atoms with Crippen LogP contribution in [-0.2, 0) is 0 Å². The molecule has 3 heteroatoms. The lowest BCUT2D eigenvalue weighted by molar-refractivity contribution is 0.628. The van der Waals surface area contributed by atoms with Gasteiger partial charge < -0.3 is 5.32 Å². The quantitative estimate of drug-likeness (QED) is 0.820. The molecule has 0 aliphatic rings. The van der Waals surface area contributed by atoms with Crippen LogP contribution in [0, 0.1) is 16.3 Å². The van der Waals surface area contributed by atoms with E-state index in [-0.39, 0.29) is 5.82 Å². The summed E-state index contributed by atoms with van der Waals surface area (Å²) in [6.45, 7) is 4.59. The van der Waals surface area contributed by atoms with E-state index in [1.165, 1.54) is 0 Å². The average molecular weight is 279 g/mol. The summed E-state index contributed by atoms with van der Waals surface area (Å²) in [4.78, 5) is 0. The maximum absolute atomic E-state index is 13.2. The van der Waals surface area contributed by atoms with Crippen LogP contribution < -0.4 is 5.32 Å². The van der Waals surface area contributed by atoms with E-state index < -0.39 is 0 Å². The van der Waals surface area contributed by atoms with E-state index in [0.717, 1.165) is 15.7 Å². The van der Waals surface area contributed by atoms with Crippen LogP contribution in [0.3, 0.4) is 0 Å². The van der Waals surface area contributed by atoms with Crippen molar-refractivity contribution in [2.75, 3.05) is 11.9 Å². The summed E-state index contributed by atoms with van der Waals surface area (Å²) >= 11 is 2.13. The highest BCUT2D eigenvalue weighted by Crippen LogP contribution is 2.23. The molecule has 0 amide bonds. The van der Waals surface area contributed by atoms with Crippen molar-refractivity contribution in [3.8, 4) is 0 Å². The van der Waals surface area contributed by atoms with Crippen molar-refractivity contribution in [2.45, 2.75) is 13.8 Å². The van der Waals surface area contributed by atoms with Crippen molar-refractivity contribution in [2.24, 2.45) is 0 Å². The van der Waals surface area contributed by atoms with Gasteiger partial charge in [-0.2, -0.15) is 0 Å². The van der Waals surface area contributed by atoms with Crippen LogP contribution >= 0.6 is 22.6 Å². The van der Waals surface area contributed by atoms with Crippen LogP contribution in [0.25, 0.3) is 0 Å². The van der Waals surface area contributed by atoms with Gasteiger partial charge >= 0.3 is 0 Å². The number of rotatable bonds is 2. The van der Waals surface area contributed by atoms with Gasteiger partial charge in [0.15, 0.2) is 0 Å². The minimum Gasteiger partial charge on any atom is -0.382 e. The molecule has 0 saturated heterocycles. The van der Waals surface area contributed by atoms with Gasteiger partial charge in [-0.25, -0.2) is 4.39 Å². The molecule has 0 unspecified atom stereocenters. The number of aryl methyl sites for hydroxylation is 1. The van der Waals surface area contributed by atoms with Gasteiger partial charge in [-0.15, -0.1) is 0 Å². The number of halogens is 2. The fourth-order valence-corrected chi connectivity index (χ4v) is 1.99. The largest absolute Gasteiger partial charge is 0.382 e. The smallest absolute Gasteiger partial charge is 0.147 e. The second-order valence-electron chi connectivity index (χ2n) is 2.63. The lowest BCUT2D eigenvalue weighted by Gasteiger charge is -2.08. The third-order valence-electron chi connectivity index (χ3n) is 1.54. The second-order valence-corrected chi connectivity index (χ2v) is 3.80. The first-order chi connectivity index (χ1) is 5.65. The zero-order valence-electron chi connectivity index (χ0n) is 7.12. The summed E-state index contributed by atoms with van der Waals surface area (Å²) in [5, 5.41) is 2.99. The van der Waals surface area contributed by atoms with E-state index in [4.69, 9.17) is 0 Å². The third-order valence-corrected chi connectivity index (χ3v) is 2.39. The highest BCUT2D eigenvalue weighted by Gasteiger charge is 2.05. The zero-order chi connectivity index (χ0) is 9.14. The van der Waals surface area contributed by atoms with Crippen LogP contribution in [0.4, 0.5) is 10.1 Å². The Labute approximate surface area is 85.5 Å². The summed E-state index contributed by atoms with van der Waals surface area (Å²) < 4.78 is 14.2. The molecule has 66 valence electrons. The maximum Gasteiger partial charge on any atom is 0.147 e. The van der Waals surface area contributed by atoms with Crippen LogP contribution in [0.5, 0.6) is 0 Å². The maximum atomic E-state index is 13.2. The predicted octanol–water partition coefficient (Wildman–Crippen LogP) is 3.17. The minimum atomic E-state index is -0.166. The number of anilines is 1. The molecular formula is C9H11FIN. The van der Waals surface area contributed by atoms with E-state index >= 15 is 0 Å². The molecule has 1 rings (SSSR count). The lowest BCUT2D eigenvalue weighted by Crippen LogP contribution is -2.01. The van der Waals surface area contributed by atoms with E-state index in [1.54, 1.807) is 6.07 Å². The topological polar surface area (TPSA) is 12.0 Å². The van der Waals surface area contributed by atoms with Crippen molar-refractivity contribution in [3.05, 3.63) is 27.1 Å². The molecule has 0 aromatic heterocycles. The van der Waals surface area contributed by atoms with Crippen molar-refractivity contribution >= 4 is 28.3 Å². The minimum absolute atomic E-state index is 0.166. The van der Waals surface area contributed by atoms with Crippen LogP contribution in [0.15, 0.2) is 12.1 Å². The first-order valence-corrected chi connectivity index (χ1v) is 4.92. The molecule has 0 spiro atoms. The Balaban J connectivity index is 3.10. The molecular weight excluding hydrogens is 268 g/mol. The van der Waals surface area contributed by atoms with Crippen molar-refractivity contribution in [1.82, 2.24) is 0 Å². The van der Waals surface area contributed by atoms with E-state index in [2.05, 4.69) is 27.9 Å². The highest BCUT2D eigenvalue weighted by molar-refractivity contribution is 14.1. The van der Waals surface area contributed by atoms with E-state index in [0.29, 0.717) is 5.69 Å². The monoisotopic (exact) mass is 279 g/mol. The standard InChI is InChI=1S/C9H11FIN/c1-3-12-9-7(10)4-6(2)5-8(9)11/h4-5,12H,3H2,1-2H3. The summed E-state index contributed by atoms with van der Waals surface area (Å²) in [5.74, 6) is -0.166. The first kappa shape index (κ1) is 9.77. The Morgan fingerprint density at radius 3 is 2.67 bits per heavy atom. The molecule has 1 nitrogen and oxygen atoms in total. The second kappa shape index (κ2) is 4.07. The molecule has 12 heavy (non-hydrogen) atoms. The Bertz CT molecular complexity index is 263. The Kier molecular flexibility index (Phi) is 3.31. The van der Waals surface area contributed by atoms with Crippen molar-refractivity contribution in [1.29, 1.82) is 0 Å². The van der Waals surface area contributed by atoms with Gasteiger partial charge in [-0.3, -0.25) is 0 Å². The molecule has 0 saturated carbocycles. The van der Waals surface area contributed by atoms with Gasteiger partial charge in [0, 0.05) is 10.1 Å². The summed E-state index contributed by atoms with van der Waals surface area (Å²) in [6.07, 6.45) is 0. The average Bonchev–Trinajstić information content (AvgIpc) is 1.96. The van der Waals surface area contributed by atoms with Gasteiger partial charge in [-0.05, 0) is 54.1 Å². The summed E-state index contributed by atoms with van der Waals surface area (Å²) in [5.41, 5.74) is 1.57. The summed E-state index contributed by atoms with van der Waals surface area (Å²) in [6, 6.07) is 3.50. The van der Waals surface area contributed by atoms with Gasteiger partial charge in [0.25, 0.3) is 0 Å². The van der Waals surface area contributed by atoms with Gasteiger partial charge in [0.2, 0.25) is 0 Å². The SMILES string of the molecule is CCNc1c(F)cc(C)cc1I. The normalized spacial score (nSPS) is 10.0. The van der Waals surface area contributed by atoms with Gasteiger partial charge in [0.1, 0.15) is 5.82 Å². The Morgan fingerprint density at radius 2 is 2.17 bits per heavy atom. The van der Waals surface area contributed by atoms with Crippen molar-refractivity contribution in [3.63, 3.8) is 0 Å². The Hall–Kier alpha value is -0.320. The molecule has 0 atom stereocenters. The number of hydrogen-bond acceptors (Lipinski definition) is 1. The lowest BCUT2D eigenvalue weighted by atomic mass is 10.2. The first-order valence-electron chi connectivity index (χ1n) is 3.84. The van der Waals surface area contributed by atoms with Crippen molar-refractivity contribution < 1.29 is 4.39 Å². The van der Waals surface area contributed by atoms with Crippen LogP contribution in [0.2, 0.25) is 0 Å². The molecule has 0 aliphatic carbocycles. The third kappa shape index (κ3) is 2.09. The molecule has 0 bridgehead atoms. The number of benzene rings is 1. The molecule has 1 aromatic carbocycles. The Morgan fingerprint density at radius 1 is 1.50 bits per heavy atom. The molecule has 0 fully saturated rings. The zero-order valence-corrected chi connectivity index (χ0v) is 9.28. The van der Waals surface area contributed by atoms with Crippen LogP contribution in [0.1, 0.15) is 12.5 Å². The molecule has 1 N–H and O–H groups in total. The predicted molar refractivity (Wildman–Crippen MR) is 58.0 cm³/mol. The van der Waals surface area contributed by atoms with E-state index in [9.17, 15) is 4.39 Å². The molecule has 0 aliphatic heterocycles. The fraction of sp³-hybridized carbons (Fsp3) is 0.333. The van der Waals surface area contributed by atoms with Crippen LogP contribution in [-0.4, -0.2) is 6.54 Å². The number of nitrogens with one attached hydrogen (secondary N) is 1. The number of hydrogen-bond donors (Lipinski definition) is 1. The molecule has 0 radical (unpaired) electrons. The highest BCUT2D eigenvalue weighted by atomic mass is 127. The molecule has 0 heterocycles. The fourth-order valence-electron chi connectivity index (χ4n) is 1.05. The summed E-state index contributed by atoms with van der Waals surface area (Å²) in [7, 11) is 0. The van der Waals surface area contributed by atoms with Gasteiger partial charge in [-0.1, -0.05) is 0 Å². The van der Waals surface area contributed by atoms with E-state index in [1.807, 2.05) is 19.9 Å².